The molecular weight excluding hydrogens is 526 g/mol. The summed E-state index contributed by atoms with van der Waals surface area (Å²) < 4.78 is 34.1. The highest BCUT2D eigenvalue weighted by Crippen LogP contribution is 2.27. The summed E-state index contributed by atoms with van der Waals surface area (Å²) >= 11 is 0. The van der Waals surface area contributed by atoms with E-state index in [0.29, 0.717) is 5.75 Å². The first-order chi connectivity index (χ1) is 19.3. The van der Waals surface area contributed by atoms with Crippen molar-refractivity contribution in [1.82, 2.24) is 10.2 Å². The second-order valence-electron chi connectivity index (χ2n) is 10.1. The lowest BCUT2D eigenvalue weighted by atomic mass is 9.95. The fraction of sp³-hybridized carbons (Fsp3) is 0.355. The fourth-order valence-electron chi connectivity index (χ4n) is 4.95. The number of anilines is 1. The number of rotatable bonds is 11. The van der Waals surface area contributed by atoms with Crippen molar-refractivity contribution in [3.05, 3.63) is 90.5 Å². The van der Waals surface area contributed by atoms with Gasteiger partial charge in [-0.15, -0.1) is 0 Å². The number of hydrogen-bond acceptors (Lipinski definition) is 5. The Labute approximate surface area is 237 Å². The normalized spacial score (nSPS) is 14.7. The van der Waals surface area contributed by atoms with Crippen molar-refractivity contribution < 1.29 is 22.7 Å². The van der Waals surface area contributed by atoms with Gasteiger partial charge in [0.15, 0.2) is 0 Å². The maximum atomic E-state index is 14.0. The van der Waals surface area contributed by atoms with E-state index in [-0.39, 0.29) is 29.1 Å². The Balaban J connectivity index is 1.66. The largest absolute Gasteiger partial charge is 0.497 e. The van der Waals surface area contributed by atoms with E-state index in [1.54, 1.807) is 49.4 Å². The summed E-state index contributed by atoms with van der Waals surface area (Å²) in [5, 5.41) is 3.11. The van der Waals surface area contributed by atoms with Gasteiger partial charge in [0.1, 0.15) is 18.3 Å². The second kappa shape index (κ2) is 13.5. The smallest absolute Gasteiger partial charge is 0.264 e. The molecule has 1 saturated carbocycles. The van der Waals surface area contributed by atoms with Gasteiger partial charge in [-0.1, -0.05) is 73.9 Å². The monoisotopic (exact) mass is 563 g/mol. The minimum atomic E-state index is -4.12. The number of nitrogens with zero attached hydrogens (tertiary/aromatic N) is 2. The SMILES string of the molecule is COc1cccc(N(CC(=O)N(Cc2ccccc2)[C@@H](C)C(=O)NC2CCCCC2)S(=O)(=O)c2ccccc2)c1. The third-order valence-corrected chi connectivity index (χ3v) is 9.05. The molecule has 0 unspecified atom stereocenters. The minimum Gasteiger partial charge on any atom is -0.497 e. The summed E-state index contributed by atoms with van der Waals surface area (Å²) in [6.45, 7) is 1.37. The van der Waals surface area contributed by atoms with Crippen molar-refractivity contribution >= 4 is 27.5 Å². The third-order valence-electron chi connectivity index (χ3n) is 7.27. The molecule has 0 spiro atoms. The van der Waals surface area contributed by atoms with Gasteiger partial charge in [0, 0.05) is 18.7 Å². The molecule has 0 heterocycles. The van der Waals surface area contributed by atoms with Crippen molar-refractivity contribution in [3.63, 3.8) is 0 Å². The van der Waals surface area contributed by atoms with Gasteiger partial charge in [0.05, 0.1) is 17.7 Å². The molecule has 1 aliphatic rings. The zero-order valence-electron chi connectivity index (χ0n) is 23.0. The number of sulfonamides is 1. The van der Waals surface area contributed by atoms with E-state index in [0.717, 1.165) is 42.0 Å². The lowest BCUT2D eigenvalue weighted by molar-refractivity contribution is -0.139. The summed E-state index contributed by atoms with van der Waals surface area (Å²) in [5.74, 6) is -0.271. The van der Waals surface area contributed by atoms with Gasteiger partial charge >= 0.3 is 0 Å². The molecule has 8 nitrogen and oxygen atoms in total. The molecule has 40 heavy (non-hydrogen) atoms. The average Bonchev–Trinajstić information content (AvgIpc) is 2.99. The van der Waals surface area contributed by atoms with Crippen LogP contribution in [0.3, 0.4) is 0 Å². The second-order valence-corrected chi connectivity index (χ2v) is 11.9. The minimum absolute atomic E-state index is 0.0586. The molecule has 0 saturated heterocycles. The van der Waals surface area contributed by atoms with E-state index in [4.69, 9.17) is 4.74 Å². The molecule has 2 amide bonds. The lowest BCUT2D eigenvalue weighted by Crippen LogP contribution is -2.53. The van der Waals surface area contributed by atoms with Crippen LogP contribution >= 0.6 is 0 Å². The third kappa shape index (κ3) is 7.21. The molecule has 4 rings (SSSR count). The van der Waals surface area contributed by atoms with Crippen LogP contribution in [-0.4, -0.2) is 50.9 Å². The number of benzene rings is 3. The van der Waals surface area contributed by atoms with E-state index < -0.39 is 28.5 Å². The topological polar surface area (TPSA) is 96.0 Å². The molecule has 0 bridgehead atoms. The van der Waals surface area contributed by atoms with Crippen LogP contribution in [-0.2, 0) is 26.2 Å². The highest BCUT2D eigenvalue weighted by molar-refractivity contribution is 7.92. The van der Waals surface area contributed by atoms with Crippen LogP contribution in [0.4, 0.5) is 5.69 Å². The van der Waals surface area contributed by atoms with Crippen molar-refractivity contribution in [2.45, 2.75) is 62.6 Å². The number of carbonyl (C=O) groups is 2. The maximum Gasteiger partial charge on any atom is 0.264 e. The Hall–Kier alpha value is -3.85. The summed E-state index contributed by atoms with van der Waals surface area (Å²) in [6.07, 6.45) is 5.14. The Morgan fingerprint density at radius 1 is 0.925 bits per heavy atom. The zero-order valence-corrected chi connectivity index (χ0v) is 23.8. The molecule has 1 aliphatic carbocycles. The quantitative estimate of drug-likeness (QED) is 0.363. The first kappa shape index (κ1) is 29.1. The van der Waals surface area contributed by atoms with E-state index in [9.17, 15) is 18.0 Å². The Morgan fingerprint density at radius 2 is 1.57 bits per heavy atom. The summed E-state index contributed by atoms with van der Waals surface area (Å²) in [6, 6.07) is 23.2. The molecule has 212 valence electrons. The molecule has 3 aromatic carbocycles. The van der Waals surface area contributed by atoms with Gasteiger partial charge in [-0.2, -0.15) is 0 Å². The predicted octanol–water partition coefficient (Wildman–Crippen LogP) is 4.76. The van der Waals surface area contributed by atoms with Crippen molar-refractivity contribution in [3.8, 4) is 5.75 Å². The number of carbonyl (C=O) groups excluding carboxylic acids is 2. The van der Waals surface area contributed by atoms with Crippen LogP contribution in [0.15, 0.2) is 89.8 Å². The van der Waals surface area contributed by atoms with Crippen LogP contribution < -0.4 is 14.4 Å². The summed E-state index contributed by atoms with van der Waals surface area (Å²) in [7, 11) is -2.62. The van der Waals surface area contributed by atoms with Crippen LogP contribution in [0.5, 0.6) is 5.75 Å². The Morgan fingerprint density at radius 3 is 2.23 bits per heavy atom. The molecule has 0 aliphatic heterocycles. The van der Waals surface area contributed by atoms with Crippen LogP contribution in [0.1, 0.15) is 44.6 Å². The molecule has 0 aromatic heterocycles. The van der Waals surface area contributed by atoms with Gasteiger partial charge in [0.25, 0.3) is 10.0 Å². The fourth-order valence-corrected chi connectivity index (χ4v) is 6.37. The number of hydrogen-bond donors (Lipinski definition) is 1. The maximum absolute atomic E-state index is 14.0. The average molecular weight is 564 g/mol. The predicted molar refractivity (Wildman–Crippen MR) is 155 cm³/mol. The van der Waals surface area contributed by atoms with E-state index in [2.05, 4.69) is 5.32 Å². The molecule has 1 atom stereocenters. The number of amides is 2. The highest BCUT2D eigenvalue weighted by Gasteiger charge is 2.33. The highest BCUT2D eigenvalue weighted by atomic mass is 32.2. The standard InChI is InChI=1S/C31H37N3O5S/c1-24(31(36)32-26-15-8-4-9-16-26)33(22-25-13-6-3-7-14-25)30(35)23-34(27-17-12-18-28(21-27)39-2)40(37,38)29-19-10-5-11-20-29/h3,5-7,10-14,17-21,24,26H,4,8-9,15-16,22-23H2,1-2H3,(H,32,36)/t24-/m0/s1. The van der Waals surface area contributed by atoms with E-state index >= 15 is 0 Å². The molecular formula is C31H37N3O5S. The van der Waals surface area contributed by atoms with Gasteiger partial charge in [0.2, 0.25) is 11.8 Å². The molecule has 3 aromatic rings. The lowest BCUT2D eigenvalue weighted by Gasteiger charge is -2.33. The summed E-state index contributed by atoms with van der Waals surface area (Å²) in [5.41, 5.74) is 1.13. The van der Waals surface area contributed by atoms with Gasteiger partial charge in [-0.25, -0.2) is 8.42 Å². The molecule has 0 radical (unpaired) electrons. The molecule has 1 N–H and O–H groups in total. The van der Waals surface area contributed by atoms with E-state index in [1.807, 2.05) is 30.3 Å². The number of ether oxygens (including phenoxy) is 1. The van der Waals surface area contributed by atoms with Crippen molar-refractivity contribution in [2.24, 2.45) is 0 Å². The van der Waals surface area contributed by atoms with Gasteiger partial charge in [-0.05, 0) is 49.6 Å². The van der Waals surface area contributed by atoms with Crippen molar-refractivity contribution in [2.75, 3.05) is 18.0 Å². The number of methoxy groups -OCH3 is 1. The van der Waals surface area contributed by atoms with Crippen molar-refractivity contribution in [1.29, 1.82) is 0 Å². The zero-order chi connectivity index (χ0) is 28.5. The van der Waals surface area contributed by atoms with Gasteiger partial charge in [-0.3, -0.25) is 13.9 Å². The van der Waals surface area contributed by atoms with Crippen LogP contribution in [0.25, 0.3) is 0 Å². The number of nitrogens with one attached hydrogen (secondary N) is 1. The van der Waals surface area contributed by atoms with Gasteiger partial charge < -0.3 is 15.0 Å². The first-order valence-corrected chi connectivity index (χ1v) is 15.1. The molecule has 1 fully saturated rings. The summed E-state index contributed by atoms with van der Waals surface area (Å²) in [4.78, 5) is 28.9. The van der Waals surface area contributed by atoms with Crippen LogP contribution in [0, 0.1) is 0 Å². The molecule has 9 heteroatoms. The van der Waals surface area contributed by atoms with E-state index in [1.165, 1.54) is 24.1 Å². The Kier molecular flexibility index (Phi) is 9.82. The first-order valence-electron chi connectivity index (χ1n) is 13.6. The Bertz CT molecular complexity index is 1380. The van der Waals surface area contributed by atoms with Crippen LogP contribution in [0.2, 0.25) is 0 Å².